The van der Waals surface area contributed by atoms with Crippen molar-refractivity contribution in [3.8, 4) is 0 Å². The van der Waals surface area contributed by atoms with E-state index in [4.69, 9.17) is 0 Å². The molecule has 0 aliphatic carbocycles. The van der Waals surface area contributed by atoms with Gasteiger partial charge in [0.25, 0.3) is 0 Å². The Kier molecular flexibility index (Phi) is 13.8. The predicted octanol–water partition coefficient (Wildman–Crippen LogP) is 15.7. The molecule has 1 heterocycles. The molecular formula is C54H67N. The zero-order valence-electron chi connectivity index (χ0n) is 36.6. The highest BCUT2D eigenvalue weighted by Crippen LogP contribution is 2.46. The van der Waals surface area contributed by atoms with Gasteiger partial charge in [-0.2, -0.15) is 0 Å². The summed E-state index contributed by atoms with van der Waals surface area (Å²) in [4.78, 5) is 2.29. The van der Waals surface area contributed by atoms with E-state index in [2.05, 4.69) is 207 Å². The Balaban J connectivity index is 0.000000248. The number of anilines is 2. The molecule has 0 bridgehead atoms. The number of aryl methyl sites for hydroxylation is 5. The van der Waals surface area contributed by atoms with Gasteiger partial charge < -0.3 is 4.90 Å². The van der Waals surface area contributed by atoms with Crippen molar-refractivity contribution in [2.45, 2.75) is 114 Å². The Hall–Kier alpha value is -4.88. The van der Waals surface area contributed by atoms with Gasteiger partial charge in [-0.25, -0.2) is 0 Å². The fraction of sp³-hybridized carbons (Fsp3) is 0.333. The first-order chi connectivity index (χ1) is 25.8. The van der Waals surface area contributed by atoms with Gasteiger partial charge in [-0.05, 0) is 161 Å². The number of para-hydroxylation sites is 1. The summed E-state index contributed by atoms with van der Waals surface area (Å²) in [5.41, 5.74) is 23.1. The Labute approximate surface area is 335 Å². The second-order valence-electron chi connectivity index (χ2n) is 17.0. The van der Waals surface area contributed by atoms with Gasteiger partial charge in [-0.15, -0.1) is 0 Å². The molecule has 0 saturated carbocycles. The van der Waals surface area contributed by atoms with Crippen LogP contribution in [0.15, 0.2) is 105 Å². The molecule has 5 aromatic rings. The fourth-order valence-corrected chi connectivity index (χ4v) is 7.48. The van der Waals surface area contributed by atoms with E-state index in [0.29, 0.717) is 11.8 Å². The van der Waals surface area contributed by atoms with Crippen molar-refractivity contribution in [1.29, 1.82) is 0 Å². The second kappa shape index (κ2) is 17.7. The molecule has 0 spiro atoms. The van der Waals surface area contributed by atoms with Gasteiger partial charge in [0, 0.05) is 29.5 Å². The average molecular weight is 730 g/mol. The maximum Gasteiger partial charge on any atom is 0.0494 e. The third-order valence-corrected chi connectivity index (χ3v) is 11.7. The number of fused-ring (bicyclic) bond motifs is 2. The second-order valence-corrected chi connectivity index (χ2v) is 17.0. The maximum atomic E-state index is 4.65. The van der Waals surface area contributed by atoms with Gasteiger partial charge in [0.1, 0.15) is 0 Å². The Bertz CT molecular complexity index is 2150. The Morgan fingerprint density at radius 2 is 1.29 bits per heavy atom. The molecule has 1 aliphatic heterocycles. The van der Waals surface area contributed by atoms with Crippen molar-refractivity contribution in [3.05, 3.63) is 183 Å². The van der Waals surface area contributed by atoms with Crippen LogP contribution in [0.4, 0.5) is 11.4 Å². The van der Waals surface area contributed by atoms with Crippen LogP contribution >= 0.6 is 0 Å². The first-order valence-corrected chi connectivity index (χ1v) is 20.1. The standard InChI is InChI=1S/C32H37N.C13H18.C9H12/c1-10-20(2)25-16-15-24(32(6,7)8)18-28(25)23(5)27-19-31-29(17-21(27)3)22(4)26-13-11-12-14-30(26)33(31)9;1-6-13-10(4)7-12(9(2)3)8-11(13)5;1-7-5-4-6-8(2)9(7)3/h11-20H,4-5,10H2,1-3,6-9H3;6-9H,1H2,2-5H3;4-6H,1-3H3. The summed E-state index contributed by atoms with van der Waals surface area (Å²) in [5.74, 6) is 1.09. The molecule has 1 atom stereocenters. The molecule has 0 aromatic heterocycles. The quantitative estimate of drug-likeness (QED) is 0.168. The highest BCUT2D eigenvalue weighted by atomic mass is 15.1. The predicted molar refractivity (Wildman–Crippen MR) is 247 cm³/mol. The van der Waals surface area contributed by atoms with Crippen LogP contribution in [0.1, 0.15) is 145 Å². The number of benzene rings is 5. The lowest BCUT2D eigenvalue weighted by Crippen LogP contribution is -2.18. The zero-order chi connectivity index (χ0) is 40.9. The van der Waals surface area contributed by atoms with Crippen molar-refractivity contribution < 1.29 is 0 Å². The molecule has 55 heavy (non-hydrogen) atoms. The summed E-state index contributed by atoms with van der Waals surface area (Å²) in [6.07, 6.45) is 3.05. The first kappa shape index (κ1) is 42.9. The number of nitrogens with zero attached hydrogens (tertiary/aromatic N) is 1. The van der Waals surface area contributed by atoms with Gasteiger partial charge >= 0.3 is 0 Å². The highest BCUT2D eigenvalue weighted by molar-refractivity contribution is 5.98. The van der Waals surface area contributed by atoms with Crippen molar-refractivity contribution in [3.63, 3.8) is 0 Å². The van der Waals surface area contributed by atoms with Crippen molar-refractivity contribution >= 4 is 28.6 Å². The van der Waals surface area contributed by atoms with Crippen LogP contribution in [0.25, 0.3) is 17.2 Å². The van der Waals surface area contributed by atoms with E-state index in [1.54, 1.807) is 0 Å². The minimum atomic E-state index is 0.0928. The third-order valence-electron chi connectivity index (χ3n) is 11.7. The molecule has 0 saturated heterocycles. The molecule has 1 heteroatoms. The molecule has 1 aliphatic rings. The maximum absolute atomic E-state index is 4.65. The van der Waals surface area contributed by atoms with Gasteiger partial charge in [-0.1, -0.05) is 141 Å². The van der Waals surface area contributed by atoms with Crippen LogP contribution in [0.3, 0.4) is 0 Å². The molecule has 288 valence electrons. The van der Waals surface area contributed by atoms with Gasteiger partial charge in [0.2, 0.25) is 0 Å². The lowest BCUT2D eigenvalue weighted by Gasteiger charge is -2.33. The Morgan fingerprint density at radius 3 is 1.82 bits per heavy atom. The summed E-state index contributed by atoms with van der Waals surface area (Å²) in [6, 6.07) is 31.0. The summed E-state index contributed by atoms with van der Waals surface area (Å²) in [7, 11) is 2.15. The van der Waals surface area contributed by atoms with Crippen LogP contribution in [0.5, 0.6) is 0 Å². The molecule has 0 fully saturated rings. The van der Waals surface area contributed by atoms with Crippen molar-refractivity contribution in [2.24, 2.45) is 0 Å². The number of hydrogen-bond acceptors (Lipinski definition) is 1. The number of hydrogen-bond donors (Lipinski definition) is 0. The van der Waals surface area contributed by atoms with Crippen molar-refractivity contribution in [1.82, 2.24) is 0 Å². The van der Waals surface area contributed by atoms with Crippen LogP contribution in [-0.2, 0) is 5.41 Å². The molecule has 0 N–H and O–H groups in total. The Morgan fingerprint density at radius 1 is 0.691 bits per heavy atom. The fourth-order valence-electron chi connectivity index (χ4n) is 7.48. The summed E-state index contributed by atoms with van der Waals surface area (Å²) < 4.78 is 0. The van der Waals surface area contributed by atoms with Crippen molar-refractivity contribution in [2.75, 3.05) is 11.9 Å². The first-order valence-electron chi connectivity index (χ1n) is 20.1. The summed E-state index contributed by atoms with van der Waals surface area (Å²) >= 11 is 0. The van der Waals surface area contributed by atoms with Crippen LogP contribution < -0.4 is 4.90 Å². The van der Waals surface area contributed by atoms with Gasteiger partial charge in [0.05, 0.1) is 0 Å². The van der Waals surface area contributed by atoms with E-state index in [1.165, 1.54) is 89.3 Å². The molecular weight excluding hydrogens is 663 g/mol. The molecule has 1 unspecified atom stereocenters. The lowest BCUT2D eigenvalue weighted by molar-refractivity contribution is 0.589. The van der Waals surface area contributed by atoms with Crippen LogP contribution in [-0.4, -0.2) is 7.05 Å². The topological polar surface area (TPSA) is 3.24 Å². The minimum absolute atomic E-state index is 0.0928. The van der Waals surface area contributed by atoms with Gasteiger partial charge in [-0.3, -0.25) is 0 Å². The van der Waals surface area contributed by atoms with E-state index in [0.717, 1.165) is 17.6 Å². The minimum Gasteiger partial charge on any atom is -0.344 e. The number of rotatable bonds is 6. The van der Waals surface area contributed by atoms with E-state index in [1.807, 2.05) is 6.08 Å². The monoisotopic (exact) mass is 730 g/mol. The summed E-state index contributed by atoms with van der Waals surface area (Å²) in [6.45, 7) is 41.7. The highest BCUT2D eigenvalue weighted by Gasteiger charge is 2.26. The van der Waals surface area contributed by atoms with Crippen LogP contribution in [0.2, 0.25) is 0 Å². The van der Waals surface area contributed by atoms with E-state index in [9.17, 15) is 0 Å². The smallest absolute Gasteiger partial charge is 0.0494 e. The molecule has 5 aromatic carbocycles. The van der Waals surface area contributed by atoms with Gasteiger partial charge in [0.15, 0.2) is 0 Å². The van der Waals surface area contributed by atoms with E-state index < -0.39 is 0 Å². The normalized spacial score (nSPS) is 12.5. The molecule has 0 amide bonds. The molecule has 6 rings (SSSR count). The largest absolute Gasteiger partial charge is 0.344 e. The SMILES string of the molecule is C=C(c1cc2c(cc1C)C(=C)c1ccccc1N2C)c1cc(C(C)(C)C)ccc1C(C)CC.C=Cc1c(C)cc(C(C)C)cc1C.Cc1cccc(C)c1C. The van der Waals surface area contributed by atoms with E-state index >= 15 is 0 Å². The molecule has 1 nitrogen and oxygen atoms in total. The summed E-state index contributed by atoms with van der Waals surface area (Å²) in [5, 5.41) is 0. The third kappa shape index (κ3) is 9.50. The zero-order valence-corrected chi connectivity index (χ0v) is 36.6. The van der Waals surface area contributed by atoms with Crippen LogP contribution in [0, 0.1) is 41.5 Å². The average Bonchev–Trinajstić information content (AvgIpc) is 3.15. The molecule has 0 radical (unpaired) electrons. The lowest BCUT2D eigenvalue weighted by atomic mass is 9.80. The van der Waals surface area contributed by atoms with E-state index in [-0.39, 0.29) is 5.41 Å².